The SMILES string of the molecule is CC(C)c1cn2cc(N3c4ccc5c(c4-c4ccncc4-c4ccc6occc6c43)C(C)(C)C=C5)ccc2n1.CC1(C)C=CC2=C1N(c1ccc3ccccc3c1)c1ccc3c(ccn3-c3ccccn3)c1-c1cc3ccn(-c4ccccn4)c3cc12.CC1(C)c2ccc3c(ccn3-c3ccccc3-c3ccccn3)c2-c2ccccc2-c2c1ccc1ccn(-c3ccccc3-c3ccccn3)c21. The van der Waals surface area contributed by atoms with E-state index in [1.165, 1.54) is 133 Å². The quantitative estimate of drug-likeness (QED) is 0.139. The minimum atomic E-state index is -0.296. The smallest absolute Gasteiger partial charge is 0.137 e. The monoisotopic (exact) mass is 1780 g/mol. The number of fused-ring (bicyclic) bond motifs is 27. The topological polar surface area (TPSA) is 121 Å². The summed E-state index contributed by atoms with van der Waals surface area (Å²) in [4.78, 5) is 33.2. The minimum absolute atomic E-state index is 0.102. The molecule has 5 aliphatic rings. The number of aromatic nitrogens is 11. The molecule has 138 heavy (non-hydrogen) atoms. The van der Waals surface area contributed by atoms with Crippen LogP contribution in [0.5, 0.6) is 0 Å². The molecule has 14 heterocycles. The van der Waals surface area contributed by atoms with Crippen LogP contribution < -0.4 is 9.80 Å². The van der Waals surface area contributed by atoms with E-state index in [4.69, 9.17) is 29.3 Å². The van der Waals surface area contributed by atoms with Gasteiger partial charge in [0.1, 0.15) is 22.9 Å². The van der Waals surface area contributed by atoms with Crippen molar-refractivity contribution in [1.29, 1.82) is 0 Å². The molecule has 28 rings (SSSR count). The van der Waals surface area contributed by atoms with Crippen molar-refractivity contribution in [2.45, 2.75) is 72.1 Å². The van der Waals surface area contributed by atoms with Gasteiger partial charge in [-0.3, -0.25) is 15.0 Å². The molecule has 0 spiro atoms. The van der Waals surface area contributed by atoms with Gasteiger partial charge >= 0.3 is 0 Å². The Hall–Kier alpha value is -17.4. The molecule has 0 amide bonds. The highest BCUT2D eigenvalue weighted by Crippen LogP contribution is 2.61. The van der Waals surface area contributed by atoms with E-state index < -0.39 is 0 Å². The molecular formula is C124H93N13O. The number of hydrogen-bond acceptors (Lipinski definition) is 9. The summed E-state index contributed by atoms with van der Waals surface area (Å²) in [6.07, 6.45) is 35.5. The molecule has 0 unspecified atom stereocenters. The molecule has 0 bridgehead atoms. The van der Waals surface area contributed by atoms with Crippen molar-refractivity contribution in [2.24, 2.45) is 5.41 Å². The first-order valence-electron chi connectivity index (χ1n) is 47.4. The first-order valence-corrected chi connectivity index (χ1v) is 47.4. The van der Waals surface area contributed by atoms with E-state index in [-0.39, 0.29) is 16.2 Å². The van der Waals surface area contributed by atoms with Crippen molar-refractivity contribution in [3.05, 3.63) is 447 Å². The van der Waals surface area contributed by atoms with Gasteiger partial charge < -0.3 is 36.9 Å². The Labute approximate surface area is 798 Å². The molecule has 0 N–H and O–H groups in total. The molecule has 14 heteroatoms. The van der Waals surface area contributed by atoms with Gasteiger partial charge in [0, 0.05) is 173 Å². The van der Waals surface area contributed by atoms with Crippen molar-refractivity contribution in [3.63, 3.8) is 0 Å². The van der Waals surface area contributed by atoms with Gasteiger partial charge in [-0.15, -0.1) is 0 Å². The average Bonchev–Trinajstić information content (AvgIpc) is 1.55. The summed E-state index contributed by atoms with van der Waals surface area (Å²) in [7, 11) is 0. The lowest BCUT2D eigenvalue weighted by Crippen LogP contribution is -2.26. The lowest BCUT2D eigenvalue weighted by molar-refractivity contribution is 0.580. The highest BCUT2D eigenvalue weighted by atomic mass is 16.3. The molecule has 11 aromatic carbocycles. The zero-order valence-corrected chi connectivity index (χ0v) is 77.6. The molecule has 0 saturated heterocycles. The fourth-order valence-corrected chi connectivity index (χ4v) is 22.6. The Morgan fingerprint density at radius 1 is 0.355 bits per heavy atom. The van der Waals surface area contributed by atoms with Crippen LogP contribution in [-0.4, -0.2) is 52.6 Å². The number of furan rings is 1. The van der Waals surface area contributed by atoms with Crippen LogP contribution in [0.1, 0.15) is 94.8 Å². The van der Waals surface area contributed by atoms with E-state index in [9.17, 15) is 0 Å². The second-order valence-electron chi connectivity index (χ2n) is 38.6. The number of imidazole rings is 1. The third kappa shape index (κ3) is 12.8. The molecule has 3 aliphatic carbocycles. The molecule has 0 radical (unpaired) electrons. The molecule has 0 atom stereocenters. The molecular weight excluding hydrogens is 1690 g/mol. The van der Waals surface area contributed by atoms with Crippen molar-refractivity contribution < 1.29 is 4.42 Å². The second-order valence-corrected chi connectivity index (χ2v) is 38.6. The second kappa shape index (κ2) is 31.4. The van der Waals surface area contributed by atoms with E-state index >= 15 is 0 Å². The molecule has 14 nitrogen and oxygen atoms in total. The summed E-state index contributed by atoms with van der Waals surface area (Å²) in [6, 6.07) is 111. The maximum absolute atomic E-state index is 5.92. The van der Waals surface area contributed by atoms with Crippen LogP contribution in [-0.2, 0) is 10.8 Å². The van der Waals surface area contributed by atoms with Crippen LogP contribution in [0.4, 0.5) is 28.4 Å². The average molecular weight is 1780 g/mol. The summed E-state index contributed by atoms with van der Waals surface area (Å²) in [6.45, 7) is 18.4. The van der Waals surface area contributed by atoms with Gasteiger partial charge in [-0.1, -0.05) is 219 Å². The first kappa shape index (κ1) is 81.4. The zero-order valence-electron chi connectivity index (χ0n) is 77.6. The standard InChI is InChI=1S/C47H34N4.C43H31N5.C34H28N4O/c1-47(2)37-23-24-43-36(26-30-50(43)41-19-7-5-15-34(41)39-17-9-11-27-48-39)44(37)32-13-3-4-14-33(32)45-38(47)22-21-31-25-29-51(46(31)45)42-20-8-6-16-35(42)40-18-10-12-28-49-40;1-43(2)20-17-32-34-27-38-30(18-23-47(38)40-12-6-8-22-45-40)26-35(34)41-33-19-24-46(39-11-5-7-21-44-39)36(33)15-16-37(41)48(42(32)43)31-14-13-28-9-3-4-10-29(28)25-31;1-20(2)27-19-37-18-22(6-10-30(37)36-27)38-28-8-5-21-11-14-34(3,4)32(21)31(28)23-12-15-35-17-26(23)24-7-9-29-25(33(24)38)13-16-39-29/h3-30H,1-2H3;3-27H,1-2H3;5-20H,1-4H3. The highest BCUT2D eigenvalue weighted by molar-refractivity contribution is 6.16. The number of anilines is 5. The predicted molar refractivity (Wildman–Crippen MR) is 565 cm³/mol. The summed E-state index contributed by atoms with van der Waals surface area (Å²) >= 11 is 0. The third-order valence-corrected chi connectivity index (χ3v) is 29.1. The van der Waals surface area contributed by atoms with Crippen LogP contribution in [0.2, 0.25) is 0 Å². The van der Waals surface area contributed by atoms with Crippen LogP contribution in [0.15, 0.2) is 418 Å². The third-order valence-electron chi connectivity index (χ3n) is 29.1. The van der Waals surface area contributed by atoms with Crippen molar-refractivity contribution >= 4 is 111 Å². The van der Waals surface area contributed by atoms with Gasteiger partial charge in [-0.2, -0.15) is 0 Å². The Morgan fingerprint density at radius 3 is 1.69 bits per heavy atom. The van der Waals surface area contributed by atoms with Crippen molar-refractivity contribution in [3.8, 4) is 101 Å². The first-order chi connectivity index (χ1) is 67.5. The summed E-state index contributed by atoms with van der Waals surface area (Å²) in [5.74, 6) is 2.17. The molecule has 660 valence electrons. The molecule has 0 fully saturated rings. The normalized spacial score (nSPS) is 14.2. The number of allylic oxidation sites excluding steroid dienone is 4. The fraction of sp³-hybridized carbons (Fsp3) is 0.0968. The van der Waals surface area contributed by atoms with Gasteiger partial charge in [0.15, 0.2) is 0 Å². The van der Waals surface area contributed by atoms with Crippen LogP contribution in [0.3, 0.4) is 0 Å². The van der Waals surface area contributed by atoms with E-state index in [0.717, 1.165) is 113 Å². The predicted octanol–water partition coefficient (Wildman–Crippen LogP) is 31.3. The number of nitrogens with zero attached hydrogens (tertiary/aromatic N) is 13. The number of benzene rings is 11. The van der Waals surface area contributed by atoms with Crippen molar-refractivity contribution in [2.75, 3.05) is 9.80 Å². The van der Waals surface area contributed by atoms with E-state index in [1.54, 1.807) is 6.26 Å². The Balaban J connectivity index is 0.000000108. The van der Waals surface area contributed by atoms with Gasteiger partial charge in [0.25, 0.3) is 0 Å². The Bertz CT molecular complexity index is 9040. The summed E-state index contributed by atoms with van der Waals surface area (Å²) in [5, 5.41) is 8.35. The van der Waals surface area contributed by atoms with E-state index in [0.29, 0.717) is 5.92 Å². The maximum atomic E-state index is 5.92. The number of rotatable bonds is 9. The van der Waals surface area contributed by atoms with Crippen LogP contribution in [0, 0.1) is 5.41 Å². The largest absolute Gasteiger partial charge is 0.464 e. The van der Waals surface area contributed by atoms with E-state index in [2.05, 4.69) is 421 Å². The van der Waals surface area contributed by atoms with Gasteiger partial charge in [-0.25, -0.2) is 15.0 Å². The molecule has 23 aromatic rings. The Kier molecular flexibility index (Phi) is 18.5. The lowest BCUT2D eigenvalue weighted by Gasteiger charge is -2.35. The molecule has 0 saturated carbocycles. The maximum Gasteiger partial charge on any atom is 0.137 e. The summed E-state index contributed by atoms with van der Waals surface area (Å²) < 4.78 is 17.2. The summed E-state index contributed by atoms with van der Waals surface area (Å²) in [5.41, 5.74) is 40.1. The minimum Gasteiger partial charge on any atom is -0.464 e. The number of pyridine rings is 6. The number of para-hydroxylation sites is 2. The van der Waals surface area contributed by atoms with Crippen LogP contribution in [0.25, 0.3) is 184 Å². The van der Waals surface area contributed by atoms with Gasteiger partial charge in [-0.05, 0) is 242 Å². The lowest BCUT2D eigenvalue weighted by atomic mass is 9.74. The fourth-order valence-electron chi connectivity index (χ4n) is 22.6. The van der Waals surface area contributed by atoms with E-state index in [1.807, 2.05) is 79.6 Å². The highest BCUT2D eigenvalue weighted by Gasteiger charge is 2.42. The molecule has 2 aliphatic heterocycles. The Morgan fingerprint density at radius 2 is 0.949 bits per heavy atom. The van der Waals surface area contributed by atoms with Crippen molar-refractivity contribution in [1.82, 2.24) is 52.6 Å². The van der Waals surface area contributed by atoms with Crippen LogP contribution >= 0.6 is 0 Å². The van der Waals surface area contributed by atoms with Gasteiger partial charge in [0.2, 0.25) is 0 Å². The zero-order chi connectivity index (χ0) is 92.6. The number of hydrogen-bond donors (Lipinski definition) is 0. The van der Waals surface area contributed by atoms with Gasteiger partial charge in [0.05, 0.1) is 79.5 Å². The molecule has 12 aromatic heterocycles.